The van der Waals surface area contributed by atoms with Crippen LogP contribution in [0.3, 0.4) is 0 Å². The first-order valence-corrected chi connectivity index (χ1v) is 20.3. The third-order valence-electron chi connectivity index (χ3n) is 10.7. The predicted molar refractivity (Wildman–Crippen MR) is 215 cm³/mol. The van der Waals surface area contributed by atoms with Crippen molar-refractivity contribution in [1.29, 1.82) is 0 Å². The summed E-state index contributed by atoms with van der Waals surface area (Å²) in [6, 6.07) is 25.8. The number of amides is 1. The molecule has 11 atom stereocenters. The minimum Gasteiger partial charge on any atom is -0.389 e. The van der Waals surface area contributed by atoms with Gasteiger partial charge in [0, 0.05) is 24.2 Å². The van der Waals surface area contributed by atoms with Gasteiger partial charge < -0.3 is 66.4 Å². The molecule has 1 amide bonds. The molecule has 0 saturated carbocycles. The molecule has 2 saturated heterocycles. The first kappa shape index (κ1) is 45.7. The lowest BCUT2D eigenvalue weighted by Crippen LogP contribution is -2.56. The molecule has 2 aliphatic heterocycles. The van der Waals surface area contributed by atoms with Gasteiger partial charge in [-0.05, 0) is 69.3 Å². The summed E-state index contributed by atoms with van der Waals surface area (Å²) in [7, 11) is 0. The number of aliphatic hydroxyl groups excluding tert-OH is 6. The second-order valence-electron chi connectivity index (χ2n) is 15.2. The number of hydrogen-bond acceptors (Lipinski definition) is 14. The van der Waals surface area contributed by atoms with Gasteiger partial charge in [0.25, 0.3) is 0 Å². The molecular formula is C43H62N4O11. The van der Waals surface area contributed by atoms with Gasteiger partial charge in [0.1, 0.15) is 36.6 Å². The predicted octanol–water partition coefficient (Wildman–Crippen LogP) is 0.430. The SMILES string of the molecule is NCCCCc1ccc(CC[C@H](NCCCN(CC(O)C(O)C2OC(c3ccccc3)OCC2O)CC(O)C(O)C2OC(c3ccccc3)OCC2O)C(N)=O)cc1. The van der Waals surface area contributed by atoms with E-state index in [0.717, 1.165) is 24.8 Å². The number of ether oxygens (including phenoxy) is 4. The van der Waals surface area contributed by atoms with Crippen molar-refractivity contribution in [3.63, 3.8) is 0 Å². The largest absolute Gasteiger partial charge is 0.389 e. The van der Waals surface area contributed by atoms with Crippen molar-refractivity contribution in [1.82, 2.24) is 10.2 Å². The molecule has 5 rings (SSSR count). The quantitative estimate of drug-likeness (QED) is 0.0591. The van der Waals surface area contributed by atoms with Crippen molar-refractivity contribution >= 4 is 5.91 Å². The molecule has 2 heterocycles. The highest BCUT2D eigenvalue weighted by Crippen LogP contribution is 2.30. The van der Waals surface area contributed by atoms with Crippen molar-refractivity contribution in [2.24, 2.45) is 11.5 Å². The van der Waals surface area contributed by atoms with Gasteiger partial charge in [-0.25, -0.2) is 0 Å². The van der Waals surface area contributed by atoms with Crippen LogP contribution in [-0.4, -0.2) is 142 Å². The summed E-state index contributed by atoms with van der Waals surface area (Å²) in [5.41, 5.74) is 15.1. The summed E-state index contributed by atoms with van der Waals surface area (Å²) < 4.78 is 23.1. The summed E-state index contributed by atoms with van der Waals surface area (Å²) in [4.78, 5) is 14.1. The van der Waals surface area contributed by atoms with Gasteiger partial charge in [-0.15, -0.1) is 0 Å². The van der Waals surface area contributed by atoms with Crippen molar-refractivity contribution in [3.05, 3.63) is 107 Å². The second kappa shape index (κ2) is 23.4. The third kappa shape index (κ3) is 13.6. The molecule has 0 radical (unpaired) electrons. The monoisotopic (exact) mass is 810 g/mol. The molecule has 11 N–H and O–H groups in total. The van der Waals surface area contributed by atoms with Crippen LogP contribution in [0.15, 0.2) is 84.9 Å². The lowest BCUT2D eigenvalue weighted by molar-refractivity contribution is -0.285. The summed E-state index contributed by atoms with van der Waals surface area (Å²) in [6.45, 7) is 0.613. The molecule has 15 heteroatoms. The molecule has 3 aromatic rings. The fourth-order valence-electron chi connectivity index (χ4n) is 7.31. The number of nitrogens with zero attached hydrogens (tertiary/aromatic N) is 1. The number of nitrogens with two attached hydrogens (primary N) is 2. The van der Waals surface area contributed by atoms with Crippen LogP contribution in [0.4, 0.5) is 0 Å². The Morgan fingerprint density at radius 1 is 0.707 bits per heavy atom. The zero-order valence-corrected chi connectivity index (χ0v) is 33.0. The topological polar surface area (TPSA) is 243 Å². The van der Waals surface area contributed by atoms with Gasteiger partial charge in [-0.3, -0.25) is 9.69 Å². The van der Waals surface area contributed by atoms with E-state index in [4.69, 9.17) is 30.4 Å². The summed E-state index contributed by atoms with van der Waals surface area (Å²) in [5.74, 6) is -0.486. The van der Waals surface area contributed by atoms with Crippen molar-refractivity contribution in [2.75, 3.05) is 45.9 Å². The van der Waals surface area contributed by atoms with E-state index in [1.807, 2.05) is 36.4 Å². The van der Waals surface area contributed by atoms with Crippen LogP contribution < -0.4 is 16.8 Å². The van der Waals surface area contributed by atoms with E-state index >= 15 is 0 Å². The highest BCUT2D eigenvalue weighted by atomic mass is 16.7. The molecule has 0 aliphatic carbocycles. The van der Waals surface area contributed by atoms with E-state index < -0.39 is 73.4 Å². The van der Waals surface area contributed by atoms with Crippen LogP contribution in [-0.2, 0) is 36.6 Å². The zero-order valence-electron chi connectivity index (χ0n) is 33.0. The van der Waals surface area contributed by atoms with Gasteiger partial charge in [-0.1, -0.05) is 84.9 Å². The number of carbonyl (C=O) groups excluding carboxylic acids is 1. The van der Waals surface area contributed by atoms with Gasteiger partial charge in [0.15, 0.2) is 12.6 Å². The molecule has 10 unspecified atom stereocenters. The van der Waals surface area contributed by atoms with Gasteiger partial charge in [-0.2, -0.15) is 0 Å². The average molecular weight is 811 g/mol. The van der Waals surface area contributed by atoms with Crippen LogP contribution in [0.2, 0.25) is 0 Å². The Morgan fingerprint density at radius 2 is 1.19 bits per heavy atom. The van der Waals surface area contributed by atoms with Crippen LogP contribution in [0, 0.1) is 0 Å². The minimum absolute atomic E-state index is 0.132. The number of aliphatic hydroxyl groups is 6. The lowest BCUT2D eigenvalue weighted by Gasteiger charge is -2.40. The normalized spacial score (nSPS) is 25.2. The van der Waals surface area contributed by atoms with Crippen LogP contribution in [0.1, 0.15) is 60.5 Å². The number of carbonyl (C=O) groups is 1. The first-order chi connectivity index (χ1) is 28.0. The maximum Gasteiger partial charge on any atom is 0.234 e. The summed E-state index contributed by atoms with van der Waals surface area (Å²) in [6.07, 6.45) is -8.13. The number of primary amides is 1. The van der Waals surface area contributed by atoms with E-state index in [1.165, 1.54) is 5.56 Å². The van der Waals surface area contributed by atoms with Crippen molar-refractivity contribution in [3.8, 4) is 0 Å². The Morgan fingerprint density at radius 3 is 1.66 bits per heavy atom. The van der Waals surface area contributed by atoms with E-state index in [1.54, 1.807) is 29.2 Å². The molecule has 2 fully saturated rings. The van der Waals surface area contributed by atoms with E-state index in [0.29, 0.717) is 43.5 Å². The van der Waals surface area contributed by atoms with Crippen molar-refractivity contribution < 1.29 is 54.4 Å². The molecule has 3 aromatic carbocycles. The van der Waals surface area contributed by atoms with Gasteiger partial charge >= 0.3 is 0 Å². The first-order valence-electron chi connectivity index (χ1n) is 20.3. The Balaban J connectivity index is 1.20. The Kier molecular flexibility index (Phi) is 18.4. The molecular weight excluding hydrogens is 748 g/mol. The van der Waals surface area contributed by atoms with E-state index in [2.05, 4.69) is 29.6 Å². The van der Waals surface area contributed by atoms with E-state index in [-0.39, 0.29) is 32.8 Å². The molecule has 320 valence electrons. The van der Waals surface area contributed by atoms with Crippen LogP contribution in [0.25, 0.3) is 0 Å². The highest BCUT2D eigenvalue weighted by molar-refractivity contribution is 5.79. The fourth-order valence-corrected chi connectivity index (χ4v) is 7.31. The number of nitrogens with one attached hydrogen (secondary N) is 1. The zero-order chi connectivity index (χ0) is 41.4. The number of aryl methyl sites for hydroxylation is 2. The second-order valence-corrected chi connectivity index (χ2v) is 15.2. The number of unbranched alkanes of at least 4 members (excludes halogenated alkanes) is 1. The molecule has 2 aliphatic rings. The van der Waals surface area contributed by atoms with E-state index in [9.17, 15) is 35.4 Å². The Labute approximate surface area is 340 Å². The Hall–Kier alpha value is -3.39. The van der Waals surface area contributed by atoms with Crippen LogP contribution >= 0.6 is 0 Å². The molecule has 0 bridgehead atoms. The third-order valence-corrected chi connectivity index (χ3v) is 10.7. The maximum absolute atomic E-state index is 12.4. The summed E-state index contributed by atoms with van der Waals surface area (Å²) in [5, 5.41) is 70.0. The fraction of sp³-hybridized carbons (Fsp3) is 0.558. The Bertz CT molecular complexity index is 1530. The maximum atomic E-state index is 12.4. The number of benzene rings is 3. The molecule has 0 aromatic heterocycles. The smallest absolute Gasteiger partial charge is 0.234 e. The number of hydrogen-bond donors (Lipinski definition) is 9. The summed E-state index contributed by atoms with van der Waals surface area (Å²) >= 11 is 0. The standard InChI is InChI=1S/C43H62N4O11/c44-21-8-7-10-28-15-17-29(18-16-28)19-20-32(41(45)54)46-22-9-23-47(24-33(48)37(52)39-35(50)26-55-42(57-39)30-11-3-1-4-12-30)25-34(49)38(53)40-36(51)27-56-43(58-40)31-13-5-2-6-14-31/h1-6,11-18,32-40,42-43,46,48-53H,7-10,19-27,44H2,(H2,45,54)/t32-,33?,34?,35?,36?,37?,38?,39?,40?,42?,43?/m0/s1. The van der Waals surface area contributed by atoms with Crippen molar-refractivity contribution in [2.45, 2.75) is 106 Å². The van der Waals surface area contributed by atoms with Gasteiger partial charge in [0.2, 0.25) is 5.91 Å². The van der Waals surface area contributed by atoms with Gasteiger partial charge in [0.05, 0.1) is 31.5 Å². The van der Waals surface area contributed by atoms with Crippen LogP contribution in [0.5, 0.6) is 0 Å². The number of rotatable bonds is 23. The minimum atomic E-state index is -1.56. The average Bonchev–Trinajstić information content (AvgIpc) is 3.24. The highest BCUT2D eigenvalue weighted by Gasteiger charge is 2.42. The molecule has 0 spiro atoms. The molecule has 15 nitrogen and oxygen atoms in total. The molecule has 58 heavy (non-hydrogen) atoms. The lowest BCUT2D eigenvalue weighted by atomic mass is 9.99.